The first-order valence-corrected chi connectivity index (χ1v) is 6.28. The number of nitrogens with two attached hydrogens (primary N) is 1. The van der Waals surface area contributed by atoms with E-state index in [1.165, 1.54) is 16.5 Å². The number of ether oxygens (including phenoxy) is 1. The van der Waals surface area contributed by atoms with Crippen molar-refractivity contribution in [1.82, 2.24) is 4.98 Å². The van der Waals surface area contributed by atoms with Crippen LogP contribution in [-0.4, -0.2) is 18.6 Å². The molecule has 0 amide bonds. The Labute approximate surface area is 108 Å². The first kappa shape index (κ1) is 12.8. The van der Waals surface area contributed by atoms with Crippen LogP contribution in [0.2, 0.25) is 0 Å². The molecule has 1 aromatic heterocycles. The van der Waals surface area contributed by atoms with Gasteiger partial charge in [-0.15, -0.1) is 0 Å². The summed E-state index contributed by atoms with van der Waals surface area (Å²) in [7, 11) is 1.71. The van der Waals surface area contributed by atoms with Crippen LogP contribution < -0.4 is 10.5 Å². The van der Waals surface area contributed by atoms with Crippen molar-refractivity contribution in [3.05, 3.63) is 35.5 Å². The molecule has 2 N–H and O–H groups in total. The van der Waals surface area contributed by atoms with Gasteiger partial charge >= 0.3 is 0 Å². The van der Waals surface area contributed by atoms with Crippen LogP contribution >= 0.6 is 0 Å². The molecule has 96 valence electrons. The highest BCUT2D eigenvalue weighted by atomic mass is 16.5. The van der Waals surface area contributed by atoms with Crippen LogP contribution in [0.15, 0.2) is 24.4 Å². The number of hydrogen-bond donors (Lipinski definition) is 1. The maximum Gasteiger partial charge on any atom is 0.122 e. The first-order chi connectivity index (χ1) is 8.67. The Morgan fingerprint density at radius 2 is 2.11 bits per heavy atom. The van der Waals surface area contributed by atoms with Gasteiger partial charge in [0.15, 0.2) is 0 Å². The number of hydrogen-bond acceptors (Lipinski definition) is 3. The van der Waals surface area contributed by atoms with E-state index in [0.717, 1.165) is 17.7 Å². The predicted octanol–water partition coefficient (Wildman–Crippen LogP) is 2.69. The molecule has 1 aromatic carbocycles. The maximum atomic E-state index is 5.74. The fourth-order valence-corrected chi connectivity index (χ4v) is 2.30. The van der Waals surface area contributed by atoms with Crippen molar-refractivity contribution in [2.24, 2.45) is 11.7 Å². The Balaban J connectivity index is 2.64. The van der Waals surface area contributed by atoms with Gasteiger partial charge in [0, 0.05) is 17.1 Å². The smallest absolute Gasteiger partial charge is 0.122 e. The van der Waals surface area contributed by atoms with Crippen molar-refractivity contribution >= 4 is 10.9 Å². The first-order valence-electron chi connectivity index (χ1n) is 6.28. The van der Waals surface area contributed by atoms with Gasteiger partial charge in [0.1, 0.15) is 5.75 Å². The molecular formula is C15H20N2O. The van der Waals surface area contributed by atoms with Crippen molar-refractivity contribution in [2.45, 2.75) is 20.3 Å². The van der Waals surface area contributed by atoms with Gasteiger partial charge < -0.3 is 10.5 Å². The molecule has 0 saturated carbocycles. The number of fused-ring (bicyclic) bond motifs is 1. The number of aromatic nitrogens is 1. The average Bonchev–Trinajstić information content (AvgIpc) is 2.39. The predicted molar refractivity (Wildman–Crippen MR) is 75.0 cm³/mol. The summed E-state index contributed by atoms with van der Waals surface area (Å²) in [6, 6.07) is 6.05. The number of benzene rings is 1. The van der Waals surface area contributed by atoms with Crippen LogP contribution in [0.4, 0.5) is 0 Å². The standard InChI is InChI=1S/C15H20N2O/c1-10(9-16)8-12-14(18-3)5-4-13-15(12)11(2)6-7-17-13/h4-7,10H,8-9,16H2,1-3H3. The molecule has 0 spiro atoms. The normalized spacial score (nSPS) is 12.7. The van der Waals surface area contributed by atoms with Crippen LogP contribution in [0.3, 0.4) is 0 Å². The molecule has 1 atom stereocenters. The molecule has 3 heteroatoms. The van der Waals surface area contributed by atoms with Crippen molar-refractivity contribution < 1.29 is 4.74 Å². The van der Waals surface area contributed by atoms with E-state index in [9.17, 15) is 0 Å². The van der Waals surface area contributed by atoms with E-state index < -0.39 is 0 Å². The van der Waals surface area contributed by atoms with Gasteiger partial charge in [0.2, 0.25) is 0 Å². The fraction of sp³-hybridized carbons (Fsp3) is 0.400. The summed E-state index contributed by atoms with van der Waals surface area (Å²) >= 11 is 0. The Hall–Kier alpha value is -1.61. The van der Waals surface area contributed by atoms with E-state index in [1.54, 1.807) is 7.11 Å². The van der Waals surface area contributed by atoms with Crippen LogP contribution in [0.5, 0.6) is 5.75 Å². The van der Waals surface area contributed by atoms with Gasteiger partial charge in [-0.05, 0) is 49.6 Å². The largest absolute Gasteiger partial charge is 0.496 e. The summed E-state index contributed by atoms with van der Waals surface area (Å²) in [5.41, 5.74) is 9.22. The summed E-state index contributed by atoms with van der Waals surface area (Å²) in [5.74, 6) is 1.36. The van der Waals surface area contributed by atoms with Gasteiger partial charge in [-0.2, -0.15) is 0 Å². The third kappa shape index (κ3) is 2.31. The molecule has 0 aliphatic rings. The zero-order valence-electron chi connectivity index (χ0n) is 11.2. The van der Waals surface area contributed by atoms with Gasteiger partial charge in [0.25, 0.3) is 0 Å². The summed E-state index contributed by atoms with van der Waals surface area (Å²) in [6.07, 6.45) is 2.77. The molecule has 0 radical (unpaired) electrons. The lowest BCUT2D eigenvalue weighted by Gasteiger charge is -2.16. The van der Waals surface area contributed by atoms with E-state index in [4.69, 9.17) is 10.5 Å². The van der Waals surface area contributed by atoms with Gasteiger partial charge in [0.05, 0.1) is 12.6 Å². The summed E-state index contributed by atoms with van der Waals surface area (Å²) in [6.45, 7) is 4.95. The second kappa shape index (κ2) is 5.36. The monoisotopic (exact) mass is 244 g/mol. The van der Waals surface area contributed by atoms with Crippen LogP contribution in [-0.2, 0) is 6.42 Å². The molecule has 3 nitrogen and oxygen atoms in total. The maximum absolute atomic E-state index is 5.74. The second-order valence-corrected chi connectivity index (χ2v) is 4.81. The van der Waals surface area contributed by atoms with E-state index in [2.05, 4.69) is 18.8 Å². The number of aryl methyl sites for hydroxylation is 1. The molecule has 0 fully saturated rings. The van der Waals surface area contributed by atoms with E-state index in [0.29, 0.717) is 12.5 Å². The summed E-state index contributed by atoms with van der Waals surface area (Å²) < 4.78 is 5.49. The summed E-state index contributed by atoms with van der Waals surface area (Å²) in [4.78, 5) is 4.42. The highest BCUT2D eigenvalue weighted by molar-refractivity contribution is 5.87. The number of nitrogens with zero attached hydrogens (tertiary/aromatic N) is 1. The zero-order valence-corrected chi connectivity index (χ0v) is 11.2. The minimum Gasteiger partial charge on any atom is -0.496 e. The highest BCUT2D eigenvalue weighted by Crippen LogP contribution is 2.31. The van der Waals surface area contributed by atoms with Crippen molar-refractivity contribution in [1.29, 1.82) is 0 Å². The molecule has 1 heterocycles. The van der Waals surface area contributed by atoms with Crippen molar-refractivity contribution in [2.75, 3.05) is 13.7 Å². The molecule has 1 unspecified atom stereocenters. The molecule has 2 rings (SSSR count). The molecule has 0 saturated heterocycles. The molecule has 18 heavy (non-hydrogen) atoms. The van der Waals surface area contributed by atoms with Crippen LogP contribution in [0, 0.1) is 12.8 Å². The number of methoxy groups -OCH3 is 1. The van der Waals surface area contributed by atoms with Crippen LogP contribution in [0.1, 0.15) is 18.1 Å². The quantitative estimate of drug-likeness (QED) is 0.899. The number of rotatable bonds is 4. The lowest BCUT2D eigenvalue weighted by molar-refractivity contribution is 0.407. The Bertz CT molecular complexity index is 551. The topological polar surface area (TPSA) is 48.1 Å². The average molecular weight is 244 g/mol. The minimum atomic E-state index is 0.434. The fourth-order valence-electron chi connectivity index (χ4n) is 2.30. The molecule has 0 aliphatic heterocycles. The molecule has 2 aromatic rings. The van der Waals surface area contributed by atoms with E-state index in [-0.39, 0.29) is 0 Å². The third-order valence-corrected chi connectivity index (χ3v) is 3.36. The van der Waals surface area contributed by atoms with E-state index >= 15 is 0 Å². The van der Waals surface area contributed by atoms with Crippen molar-refractivity contribution in [3.63, 3.8) is 0 Å². The van der Waals surface area contributed by atoms with Gasteiger partial charge in [-0.25, -0.2) is 0 Å². The highest BCUT2D eigenvalue weighted by Gasteiger charge is 2.13. The molecular weight excluding hydrogens is 224 g/mol. The van der Waals surface area contributed by atoms with Gasteiger partial charge in [-0.3, -0.25) is 4.98 Å². The van der Waals surface area contributed by atoms with Crippen LogP contribution in [0.25, 0.3) is 10.9 Å². The van der Waals surface area contributed by atoms with Crippen molar-refractivity contribution in [3.8, 4) is 5.75 Å². The van der Waals surface area contributed by atoms with E-state index in [1.807, 2.05) is 24.4 Å². The Morgan fingerprint density at radius 3 is 2.78 bits per heavy atom. The summed E-state index contributed by atoms with van der Waals surface area (Å²) in [5, 5.41) is 1.21. The molecule has 0 aliphatic carbocycles. The Kier molecular flexibility index (Phi) is 3.82. The second-order valence-electron chi connectivity index (χ2n) is 4.81. The SMILES string of the molecule is COc1ccc2nccc(C)c2c1CC(C)CN. The third-order valence-electron chi connectivity index (χ3n) is 3.36. The van der Waals surface area contributed by atoms with Gasteiger partial charge in [-0.1, -0.05) is 6.92 Å². The zero-order chi connectivity index (χ0) is 13.1. The molecule has 0 bridgehead atoms. The lowest BCUT2D eigenvalue weighted by atomic mass is 9.94. The number of pyridine rings is 1. The minimum absolute atomic E-state index is 0.434. The Morgan fingerprint density at radius 1 is 1.33 bits per heavy atom. The lowest BCUT2D eigenvalue weighted by Crippen LogP contribution is -2.14.